The maximum atomic E-state index is 6.42. The first-order valence-corrected chi connectivity index (χ1v) is 12.0. The molecule has 0 aromatic rings. The molecule has 0 saturated heterocycles. The summed E-state index contributed by atoms with van der Waals surface area (Å²) in [6.07, 6.45) is 0. The first-order valence-electron chi connectivity index (χ1n) is 3.88. The fourth-order valence-electron chi connectivity index (χ4n) is 0.686. The molecule has 0 atom stereocenters. The zero-order valence-corrected chi connectivity index (χ0v) is 10.7. The Morgan fingerprint density at radius 3 is 1.30 bits per heavy atom. The molecule has 0 aromatic carbocycles. The molecule has 10 heavy (non-hydrogen) atoms. The Labute approximate surface area is 71.5 Å². The van der Waals surface area contributed by atoms with Crippen LogP contribution in [0, 0.1) is 0 Å². The van der Waals surface area contributed by atoms with Gasteiger partial charge in [0.1, 0.15) is 6.90 Å². The monoisotopic (exact) mass is 194 g/mol. The Balaban J connectivity index is 4.40. The molecule has 0 fully saturated rings. The second-order valence-corrected chi connectivity index (χ2v) is 23.3. The lowest BCUT2D eigenvalue weighted by Crippen LogP contribution is -2.52. The summed E-state index contributed by atoms with van der Waals surface area (Å²) < 4.78 is 0. The van der Waals surface area contributed by atoms with Gasteiger partial charge in [-0.3, -0.25) is 0 Å². The van der Waals surface area contributed by atoms with Crippen molar-refractivity contribution in [2.45, 2.75) is 45.6 Å². The molecule has 0 radical (unpaired) electrons. The molecule has 0 aromatic heterocycles. The highest BCUT2D eigenvalue weighted by atomic mass is 35.6. The van der Waals surface area contributed by atoms with Gasteiger partial charge in [0.25, 0.3) is 0 Å². The second-order valence-electron chi connectivity index (χ2n) is 4.35. The van der Waals surface area contributed by atoms with Crippen LogP contribution in [-0.4, -0.2) is 14.5 Å². The molecule has 0 rings (SSSR count). The topological polar surface area (TPSA) is 0 Å². The summed E-state index contributed by atoms with van der Waals surface area (Å²) in [7, 11) is -1.08. The van der Waals surface area contributed by atoms with Gasteiger partial charge < -0.3 is 0 Å². The van der Waals surface area contributed by atoms with Crippen LogP contribution in [0.1, 0.15) is 13.8 Å². The van der Waals surface area contributed by atoms with Crippen molar-refractivity contribution in [3.8, 4) is 0 Å². The van der Waals surface area contributed by atoms with Gasteiger partial charge >= 0.3 is 0 Å². The molecule has 0 aliphatic rings. The quantitative estimate of drug-likeness (QED) is 0.466. The molecule has 0 amide bonds. The van der Waals surface area contributed by atoms with Crippen LogP contribution in [0.15, 0.2) is 0 Å². The lowest BCUT2D eigenvalue weighted by atomic mass is 10.6. The van der Waals surface area contributed by atoms with Gasteiger partial charge in [0, 0.05) is 0 Å². The summed E-state index contributed by atoms with van der Waals surface area (Å²) >= 11 is 6.42. The number of rotatable bonds is 2. The molecule has 0 unspecified atom stereocenters. The van der Waals surface area contributed by atoms with Gasteiger partial charge in [-0.15, -0.1) is 0 Å². The largest absolute Gasteiger partial charge is 0.171 e. The highest BCUT2D eigenvalue weighted by molar-refractivity contribution is 7.58. The maximum absolute atomic E-state index is 6.42. The van der Waals surface area contributed by atoms with Crippen molar-refractivity contribution in [2.75, 3.05) is 0 Å². The van der Waals surface area contributed by atoms with E-state index in [-0.39, 0.29) is 0 Å². The van der Waals surface area contributed by atoms with Crippen LogP contribution >= 0.6 is 11.1 Å². The molecule has 62 valence electrons. The summed E-state index contributed by atoms with van der Waals surface area (Å²) in [4.78, 5) is 0. The average molecular weight is 195 g/mol. The fourth-order valence-corrected chi connectivity index (χ4v) is 8.14. The minimum atomic E-state index is -1.34. The minimum Gasteiger partial charge on any atom is -0.171 e. The van der Waals surface area contributed by atoms with Gasteiger partial charge in [0.15, 0.2) is 0 Å². The van der Waals surface area contributed by atoms with Crippen molar-refractivity contribution in [1.29, 1.82) is 0 Å². The first-order chi connectivity index (χ1) is 4.19. The predicted molar refractivity (Wildman–Crippen MR) is 55.9 cm³/mol. The van der Waals surface area contributed by atoms with Gasteiger partial charge in [-0.25, -0.2) is 0 Å². The standard InChI is InChI=1S/C7H19ClSi2/c1-7(2)9(3,4)10(5,6)8/h7H,1-6H3. The van der Waals surface area contributed by atoms with E-state index in [0.717, 1.165) is 5.54 Å². The zero-order valence-electron chi connectivity index (χ0n) is 7.96. The van der Waals surface area contributed by atoms with E-state index < -0.39 is 14.5 Å². The van der Waals surface area contributed by atoms with E-state index in [1.165, 1.54) is 0 Å². The highest BCUT2D eigenvalue weighted by Crippen LogP contribution is 2.32. The fraction of sp³-hybridized carbons (Fsp3) is 1.00. The summed E-state index contributed by atoms with van der Waals surface area (Å²) in [6, 6.07) is 0. The molecule has 0 heterocycles. The SMILES string of the molecule is CC(C)[Si](C)(C)[Si](C)(C)Cl. The van der Waals surface area contributed by atoms with Crippen molar-refractivity contribution < 1.29 is 0 Å². The Morgan fingerprint density at radius 2 is 1.30 bits per heavy atom. The molecule has 0 bridgehead atoms. The molecule has 3 heteroatoms. The minimum absolute atomic E-state index is 0.826. The molecule has 0 aliphatic heterocycles. The van der Waals surface area contributed by atoms with E-state index in [2.05, 4.69) is 40.0 Å². The smallest absolute Gasteiger partial charge is 0.141 e. The highest BCUT2D eigenvalue weighted by Gasteiger charge is 2.41. The number of hydrogen-bond acceptors (Lipinski definition) is 0. The van der Waals surface area contributed by atoms with Gasteiger partial charge in [-0.1, -0.05) is 45.6 Å². The first kappa shape index (κ1) is 10.7. The van der Waals surface area contributed by atoms with Crippen LogP contribution in [0.25, 0.3) is 0 Å². The van der Waals surface area contributed by atoms with E-state index in [0.29, 0.717) is 0 Å². The van der Waals surface area contributed by atoms with Gasteiger partial charge in [0.2, 0.25) is 0 Å². The third-order valence-corrected chi connectivity index (χ3v) is 24.2. The Morgan fingerprint density at radius 1 is 1.00 bits per heavy atom. The van der Waals surface area contributed by atoms with E-state index in [4.69, 9.17) is 11.1 Å². The molecule has 0 nitrogen and oxygen atoms in total. The second kappa shape index (κ2) is 2.99. The average Bonchev–Trinajstić information content (AvgIpc) is 1.62. The van der Waals surface area contributed by atoms with Crippen LogP contribution in [0.5, 0.6) is 0 Å². The van der Waals surface area contributed by atoms with E-state index in [1.54, 1.807) is 0 Å². The van der Waals surface area contributed by atoms with Crippen molar-refractivity contribution in [1.82, 2.24) is 0 Å². The third-order valence-electron chi connectivity index (χ3n) is 2.98. The van der Waals surface area contributed by atoms with Crippen molar-refractivity contribution >= 4 is 25.6 Å². The van der Waals surface area contributed by atoms with Crippen LogP contribution in [0.2, 0.25) is 31.7 Å². The Hall–Kier alpha value is 0.724. The van der Waals surface area contributed by atoms with E-state index in [9.17, 15) is 0 Å². The Kier molecular flexibility index (Phi) is 3.21. The van der Waals surface area contributed by atoms with Crippen LogP contribution < -0.4 is 0 Å². The zero-order chi connectivity index (χ0) is 8.58. The molecule has 0 spiro atoms. The van der Waals surface area contributed by atoms with Crippen molar-refractivity contribution in [2.24, 2.45) is 0 Å². The lowest BCUT2D eigenvalue weighted by molar-refractivity contribution is 1.03. The molecular weight excluding hydrogens is 176 g/mol. The van der Waals surface area contributed by atoms with Gasteiger partial charge in [0.05, 0.1) is 7.59 Å². The molecule has 0 saturated carbocycles. The summed E-state index contributed by atoms with van der Waals surface area (Å²) in [5, 5.41) is 0. The molecule has 0 aliphatic carbocycles. The van der Waals surface area contributed by atoms with Gasteiger partial charge in [-0.05, 0) is 0 Å². The number of halogens is 1. The van der Waals surface area contributed by atoms with Crippen molar-refractivity contribution in [3.05, 3.63) is 0 Å². The third kappa shape index (κ3) is 2.10. The summed E-state index contributed by atoms with van der Waals surface area (Å²) in [6.45, 7) is 12.7. The van der Waals surface area contributed by atoms with E-state index >= 15 is 0 Å². The summed E-state index contributed by atoms with van der Waals surface area (Å²) in [5.74, 6) is 0. The van der Waals surface area contributed by atoms with E-state index in [1.807, 2.05) is 0 Å². The van der Waals surface area contributed by atoms with Crippen LogP contribution in [-0.2, 0) is 0 Å². The molecule has 0 N–H and O–H groups in total. The Bertz CT molecular complexity index is 113. The molecular formula is C7H19ClSi2. The van der Waals surface area contributed by atoms with Crippen LogP contribution in [0.4, 0.5) is 0 Å². The normalized spacial score (nSPS) is 14.4. The summed E-state index contributed by atoms with van der Waals surface area (Å²) in [5.41, 5.74) is 0.826. The lowest BCUT2D eigenvalue weighted by Gasteiger charge is -2.36. The maximum Gasteiger partial charge on any atom is 0.141 e. The van der Waals surface area contributed by atoms with Crippen LogP contribution in [0.3, 0.4) is 0 Å². The van der Waals surface area contributed by atoms with Crippen molar-refractivity contribution in [3.63, 3.8) is 0 Å². The van der Waals surface area contributed by atoms with Gasteiger partial charge in [-0.2, -0.15) is 11.1 Å². The number of hydrogen-bond donors (Lipinski definition) is 0. The predicted octanol–water partition coefficient (Wildman–Crippen LogP) is 3.63.